The molecule has 2 heterocycles. The zero-order valence-electron chi connectivity index (χ0n) is 12.5. The number of carbonyl (C=O) groups is 1. The van der Waals surface area contributed by atoms with Crippen LogP contribution in [0.25, 0.3) is 0 Å². The normalized spacial score (nSPS) is 28.8. The molecule has 114 valence electrons. The minimum atomic E-state index is -0.335. The molecule has 4 nitrogen and oxygen atoms in total. The van der Waals surface area contributed by atoms with Crippen LogP contribution in [0.2, 0.25) is 0 Å². The predicted molar refractivity (Wildman–Crippen MR) is 78.3 cm³/mol. The number of nitrogens with zero attached hydrogens (tertiary/aromatic N) is 1. The first kappa shape index (κ1) is 14.3. The number of ether oxygens (including phenoxy) is 1. The summed E-state index contributed by atoms with van der Waals surface area (Å²) in [5, 5.41) is 0. The Bertz CT molecular complexity index is 347. The van der Waals surface area contributed by atoms with E-state index in [1.807, 2.05) is 0 Å². The van der Waals surface area contributed by atoms with Gasteiger partial charge in [-0.2, -0.15) is 0 Å². The van der Waals surface area contributed by atoms with E-state index < -0.39 is 0 Å². The molecule has 1 amide bonds. The quantitative estimate of drug-likeness (QED) is 0.841. The summed E-state index contributed by atoms with van der Waals surface area (Å²) in [5.74, 6) is 0.302. The zero-order valence-corrected chi connectivity index (χ0v) is 12.5. The number of hydrogen-bond acceptors (Lipinski definition) is 3. The average Bonchev–Trinajstić information content (AvgIpc) is 2.96. The fourth-order valence-corrected chi connectivity index (χ4v) is 4.41. The van der Waals surface area contributed by atoms with Crippen LogP contribution in [-0.2, 0) is 9.53 Å². The van der Waals surface area contributed by atoms with E-state index in [9.17, 15) is 4.79 Å². The summed E-state index contributed by atoms with van der Waals surface area (Å²) >= 11 is 0. The molecular weight excluding hydrogens is 252 g/mol. The molecule has 2 aliphatic heterocycles. The standard InChI is InChI=1S/C16H28N2O2/c17-13-16(7-11-20-12-8-16)14(19)18-9-5-15(6-10-18)3-1-2-4-15/h1-13,17H2. The van der Waals surface area contributed by atoms with Crippen molar-refractivity contribution in [3.63, 3.8) is 0 Å². The molecular formula is C16H28N2O2. The molecule has 0 aromatic carbocycles. The SMILES string of the molecule is NCC1(C(=O)N2CCC3(CCCC3)CC2)CCOCC1. The molecule has 2 saturated heterocycles. The van der Waals surface area contributed by atoms with Crippen molar-refractivity contribution in [3.05, 3.63) is 0 Å². The van der Waals surface area contributed by atoms with Crippen molar-refractivity contribution in [3.8, 4) is 0 Å². The molecule has 0 unspecified atom stereocenters. The molecule has 0 bridgehead atoms. The minimum absolute atomic E-state index is 0.302. The Hall–Kier alpha value is -0.610. The van der Waals surface area contributed by atoms with Crippen molar-refractivity contribution in [2.45, 2.75) is 51.4 Å². The van der Waals surface area contributed by atoms with Crippen LogP contribution in [0.5, 0.6) is 0 Å². The van der Waals surface area contributed by atoms with Gasteiger partial charge < -0.3 is 15.4 Å². The van der Waals surface area contributed by atoms with Gasteiger partial charge in [0, 0.05) is 32.8 Å². The number of rotatable bonds is 2. The summed E-state index contributed by atoms with van der Waals surface area (Å²) in [5.41, 5.74) is 6.20. The molecule has 3 aliphatic rings. The predicted octanol–water partition coefficient (Wildman–Crippen LogP) is 1.92. The molecule has 1 saturated carbocycles. The fraction of sp³-hybridized carbons (Fsp3) is 0.938. The molecule has 3 fully saturated rings. The maximum absolute atomic E-state index is 12.9. The second-order valence-corrected chi connectivity index (χ2v) is 7.10. The van der Waals surface area contributed by atoms with Gasteiger partial charge in [-0.15, -0.1) is 0 Å². The molecule has 2 N–H and O–H groups in total. The Balaban J connectivity index is 1.63. The largest absolute Gasteiger partial charge is 0.381 e. The molecule has 0 atom stereocenters. The third kappa shape index (κ3) is 2.48. The highest BCUT2D eigenvalue weighted by atomic mass is 16.5. The van der Waals surface area contributed by atoms with Gasteiger partial charge in [0.25, 0.3) is 0 Å². The lowest BCUT2D eigenvalue weighted by Gasteiger charge is -2.44. The van der Waals surface area contributed by atoms with Gasteiger partial charge in [-0.3, -0.25) is 4.79 Å². The van der Waals surface area contributed by atoms with Gasteiger partial charge in [-0.05, 0) is 43.9 Å². The van der Waals surface area contributed by atoms with Crippen LogP contribution < -0.4 is 5.73 Å². The van der Waals surface area contributed by atoms with Crippen LogP contribution in [0.3, 0.4) is 0 Å². The van der Waals surface area contributed by atoms with Crippen molar-refractivity contribution in [2.24, 2.45) is 16.6 Å². The van der Waals surface area contributed by atoms with E-state index in [2.05, 4.69) is 4.90 Å². The first-order valence-electron chi connectivity index (χ1n) is 8.27. The topological polar surface area (TPSA) is 55.6 Å². The Morgan fingerprint density at radius 2 is 1.60 bits per heavy atom. The third-order valence-electron chi connectivity index (χ3n) is 6.07. The van der Waals surface area contributed by atoms with E-state index in [0.29, 0.717) is 31.1 Å². The van der Waals surface area contributed by atoms with Crippen molar-refractivity contribution < 1.29 is 9.53 Å². The minimum Gasteiger partial charge on any atom is -0.381 e. The number of hydrogen-bond donors (Lipinski definition) is 1. The highest BCUT2D eigenvalue weighted by Crippen LogP contribution is 2.46. The van der Waals surface area contributed by atoms with E-state index in [0.717, 1.165) is 25.9 Å². The van der Waals surface area contributed by atoms with Crippen molar-refractivity contribution >= 4 is 5.91 Å². The highest BCUT2D eigenvalue weighted by molar-refractivity contribution is 5.83. The van der Waals surface area contributed by atoms with Crippen LogP contribution in [-0.4, -0.2) is 43.7 Å². The van der Waals surface area contributed by atoms with Gasteiger partial charge in [-0.1, -0.05) is 12.8 Å². The summed E-state index contributed by atoms with van der Waals surface area (Å²) in [6.45, 7) is 3.72. The van der Waals surface area contributed by atoms with Crippen LogP contribution in [0.1, 0.15) is 51.4 Å². The van der Waals surface area contributed by atoms with Crippen LogP contribution in [0.4, 0.5) is 0 Å². The average molecular weight is 280 g/mol. The first-order chi connectivity index (χ1) is 9.70. The Morgan fingerprint density at radius 3 is 2.15 bits per heavy atom. The van der Waals surface area contributed by atoms with Gasteiger partial charge in [0.05, 0.1) is 5.41 Å². The van der Waals surface area contributed by atoms with Crippen molar-refractivity contribution in [1.82, 2.24) is 4.90 Å². The van der Waals surface area contributed by atoms with E-state index in [1.54, 1.807) is 0 Å². The Kier molecular flexibility index (Phi) is 4.04. The maximum Gasteiger partial charge on any atom is 0.230 e. The zero-order chi connectivity index (χ0) is 14.1. The molecule has 0 aromatic heterocycles. The summed E-state index contributed by atoms with van der Waals surface area (Å²) in [6, 6.07) is 0. The highest BCUT2D eigenvalue weighted by Gasteiger charge is 2.44. The molecule has 3 rings (SSSR count). The van der Waals surface area contributed by atoms with E-state index in [4.69, 9.17) is 10.5 Å². The van der Waals surface area contributed by atoms with Crippen molar-refractivity contribution in [1.29, 1.82) is 0 Å². The lowest BCUT2D eigenvalue weighted by Crippen LogP contribution is -2.53. The van der Waals surface area contributed by atoms with E-state index in [-0.39, 0.29) is 5.41 Å². The lowest BCUT2D eigenvalue weighted by atomic mass is 9.75. The molecule has 1 spiro atoms. The second kappa shape index (κ2) is 5.64. The molecule has 1 aliphatic carbocycles. The first-order valence-corrected chi connectivity index (χ1v) is 8.27. The Morgan fingerprint density at radius 1 is 1.00 bits per heavy atom. The number of piperidine rings is 1. The summed E-state index contributed by atoms with van der Waals surface area (Å²) in [6.07, 6.45) is 9.53. The molecule has 0 radical (unpaired) electrons. The molecule has 4 heteroatoms. The maximum atomic E-state index is 12.9. The van der Waals surface area contributed by atoms with Crippen LogP contribution >= 0.6 is 0 Å². The van der Waals surface area contributed by atoms with Crippen molar-refractivity contribution in [2.75, 3.05) is 32.8 Å². The lowest BCUT2D eigenvalue weighted by molar-refractivity contribution is -0.149. The fourth-order valence-electron chi connectivity index (χ4n) is 4.41. The van der Waals surface area contributed by atoms with Gasteiger partial charge in [-0.25, -0.2) is 0 Å². The monoisotopic (exact) mass is 280 g/mol. The molecule has 20 heavy (non-hydrogen) atoms. The van der Waals surface area contributed by atoms with E-state index >= 15 is 0 Å². The van der Waals surface area contributed by atoms with Gasteiger partial charge in [0.1, 0.15) is 0 Å². The summed E-state index contributed by atoms with van der Waals surface area (Å²) < 4.78 is 5.41. The third-order valence-corrected chi connectivity index (χ3v) is 6.07. The van der Waals surface area contributed by atoms with E-state index in [1.165, 1.54) is 38.5 Å². The van der Waals surface area contributed by atoms with Crippen LogP contribution in [0, 0.1) is 10.8 Å². The number of likely N-dealkylation sites (tertiary alicyclic amines) is 1. The van der Waals surface area contributed by atoms with Gasteiger partial charge in [0.15, 0.2) is 0 Å². The Labute approximate surface area is 122 Å². The molecule has 0 aromatic rings. The van der Waals surface area contributed by atoms with Crippen LogP contribution in [0.15, 0.2) is 0 Å². The van der Waals surface area contributed by atoms with Gasteiger partial charge >= 0.3 is 0 Å². The number of nitrogens with two attached hydrogens (primary N) is 1. The summed E-state index contributed by atoms with van der Waals surface area (Å²) in [7, 11) is 0. The van der Waals surface area contributed by atoms with Gasteiger partial charge in [0.2, 0.25) is 5.91 Å². The summed E-state index contributed by atoms with van der Waals surface area (Å²) in [4.78, 5) is 15.0. The number of amides is 1. The smallest absolute Gasteiger partial charge is 0.230 e. The second-order valence-electron chi connectivity index (χ2n) is 7.10. The number of carbonyl (C=O) groups excluding carboxylic acids is 1.